The van der Waals surface area contributed by atoms with Crippen LogP contribution in [0.2, 0.25) is 0 Å². The van der Waals surface area contributed by atoms with Crippen LogP contribution in [0.25, 0.3) is 33.2 Å². The van der Waals surface area contributed by atoms with E-state index in [1.54, 1.807) is 18.2 Å². The Morgan fingerprint density at radius 3 is 1.98 bits per heavy atom. The van der Waals surface area contributed by atoms with Crippen molar-refractivity contribution in [1.29, 1.82) is 0 Å². The molecule has 1 aromatic heterocycles. The molecule has 0 aliphatic heterocycles. The SMILES string of the molecule is O=c1oc2ccccc2c(O)c1C1CC(c2ccc(OCc3ccc(-c4ccc(-c5ccccc5)cc4)cc3)cc2)Cc2ccccc21. The van der Waals surface area contributed by atoms with Gasteiger partial charge in [-0.15, -0.1) is 0 Å². The summed E-state index contributed by atoms with van der Waals surface area (Å²) in [6, 6.07) is 51.3. The molecule has 0 radical (unpaired) electrons. The molecule has 0 bridgehead atoms. The number of para-hydroxylation sites is 1. The van der Waals surface area contributed by atoms with Crippen molar-refractivity contribution in [3.63, 3.8) is 0 Å². The summed E-state index contributed by atoms with van der Waals surface area (Å²) in [5.41, 5.74) is 9.55. The van der Waals surface area contributed by atoms with Gasteiger partial charge in [0.2, 0.25) is 0 Å². The van der Waals surface area contributed by atoms with Gasteiger partial charge < -0.3 is 14.3 Å². The van der Waals surface area contributed by atoms with Crippen LogP contribution in [-0.4, -0.2) is 5.11 Å². The molecule has 4 nitrogen and oxygen atoms in total. The lowest BCUT2D eigenvalue weighted by Gasteiger charge is -2.32. The molecule has 48 heavy (non-hydrogen) atoms. The first-order chi connectivity index (χ1) is 23.6. The molecule has 1 N–H and O–H groups in total. The third kappa shape index (κ3) is 5.78. The number of ether oxygens (including phenoxy) is 1. The largest absolute Gasteiger partial charge is 0.507 e. The molecule has 0 fully saturated rings. The van der Waals surface area contributed by atoms with E-state index in [9.17, 15) is 9.90 Å². The molecule has 2 atom stereocenters. The van der Waals surface area contributed by atoms with Crippen LogP contribution in [0.3, 0.4) is 0 Å². The van der Waals surface area contributed by atoms with Crippen molar-refractivity contribution in [2.45, 2.75) is 31.3 Å². The lowest BCUT2D eigenvalue weighted by atomic mass is 9.72. The van der Waals surface area contributed by atoms with Gasteiger partial charge in [-0.2, -0.15) is 0 Å². The maximum Gasteiger partial charge on any atom is 0.343 e. The summed E-state index contributed by atoms with van der Waals surface area (Å²) in [5.74, 6) is 0.708. The first kappa shape index (κ1) is 29.5. The van der Waals surface area contributed by atoms with Crippen LogP contribution in [-0.2, 0) is 13.0 Å². The van der Waals surface area contributed by atoms with E-state index >= 15 is 0 Å². The second kappa shape index (κ2) is 12.7. The number of hydrogen-bond acceptors (Lipinski definition) is 4. The van der Waals surface area contributed by atoms with Gasteiger partial charge in [0.15, 0.2) is 0 Å². The van der Waals surface area contributed by atoms with Crippen molar-refractivity contribution in [3.05, 3.63) is 190 Å². The molecular weight excluding hydrogens is 592 g/mol. The Bertz CT molecular complexity index is 2250. The minimum atomic E-state index is -0.482. The zero-order valence-corrected chi connectivity index (χ0v) is 26.4. The van der Waals surface area contributed by atoms with E-state index in [0.29, 0.717) is 29.6 Å². The minimum Gasteiger partial charge on any atom is -0.507 e. The van der Waals surface area contributed by atoms with Crippen molar-refractivity contribution < 1.29 is 14.3 Å². The summed E-state index contributed by atoms with van der Waals surface area (Å²) in [5, 5.41) is 11.9. The third-order valence-corrected chi connectivity index (χ3v) is 9.62. The second-order valence-electron chi connectivity index (χ2n) is 12.5. The van der Waals surface area contributed by atoms with Gasteiger partial charge in [-0.25, -0.2) is 4.79 Å². The van der Waals surface area contributed by atoms with Crippen molar-refractivity contribution in [2.24, 2.45) is 0 Å². The molecule has 6 aromatic carbocycles. The molecule has 4 heteroatoms. The van der Waals surface area contributed by atoms with E-state index in [-0.39, 0.29) is 17.6 Å². The lowest BCUT2D eigenvalue weighted by molar-refractivity contribution is 0.306. The van der Waals surface area contributed by atoms with Gasteiger partial charge >= 0.3 is 5.63 Å². The second-order valence-corrected chi connectivity index (χ2v) is 12.5. The zero-order valence-electron chi connectivity index (χ0n) is 26.4. The predicted molar refractivity (Wildman–Crippen MR) is 192 cm³/mol. The van der Waals surface area contributed by atoms with E-state index in [1.807, 2.05) is 36.4 Å². The van der Waals surface area contributed by atoms with Crippen molar-refractivity contribution in [1.82, 2.24) is 0 Å². The summed E-state index contributed by atoms with van der Waals surface area (Å²) in [7, 11) is 0. The zero-order chi connectivity index (χ0) is 32.5. The minimum absolute atomic E-state index is 0.0139. The molecular formula is C44H34O4. The number of fused-ring (bicyclic) bond motifs is 2. The molecule has 2 unspecified atom stereocenters. The fourth-order valence-corrected chi connectivity index (χ4v) is 7.08. The van der Waals surface area contributed by atoms with E-state index in [4.69, 9.17) is 9.15 Å². The van der Waals surface area contributed by atoms with Crippen LogP contribution < -0.4 is 10.4 Å². The van der Waals surface area contributed by atoms with Crippen LogP contribution in [0, 0.1) is 0 Å². The van der Waals surface area contributed by atoms with Gasteiger partial charge in [0.1, 0.15) is 23.7 Å². The summed E-state index contributed by atoms with van der Waals surface area (Å²) in [6.45, 7) is 0.475. The van der Waals surface area contributed by atoms with Crippen LogP contribution in [0.5, 0.6) is 11.5 Å². The Kier molecular flexibility index (Phi) is 7.83. The average Bonchev–Trinajstić information content (AvgIpc) is 3.15. The van der Waals surface area contributed by atoms with E-state index in [0.717, 1.165) is 23.3 Å². The van der Waals surface area contributed by atoms with Gasteiger partial charge in [-0.3, -0.25) is 0 Å². The summed E-state index contributed by atoms with van der Waals surface area (Å²) < 4.78 is 11.9. The van der Waals surface area contributed by atoms with Gasteiger partial charge in [0.05, 0.1) is 10.9 Å². The molecule has 0 saturated heterocycles. The molecule has 0 amide bonds. The Morgan fingerprint density at radius 2 is 1.25 bits per heavy atom. The van der Waals surface area contributed by atoms with Crippen molar-refractivity contribution >= 4 is 11.0 Å². The maximum atomic E-state index is 13.2. The highest BCUT2D eigenvalue weighted by Crippen LogP contribution is 2.46. The molecule has 8 rings (SSSR count). The summed E-state index contributed by atoms with van der Waals surface area (Å²) in [4.78, 5) is 13.2. The normalized spacial score (nSPS) is 15.6. The topological polar surface area (TPSA) is 59.7 Å². The number of aromatic hydroxyl groups is 1. The van der Waals surface area contributed by atoms with E-state index in [2.05, 4.69) is 97.1 Å². The molecule has 1 aliphatic carbocycles. The summed E-state index contributed by atoms with van der Waals surface area (Å²) in [6.07, 6.45) is 1.54. The molecule has 0 spiro atoms. The molecule has 0 saturated carbocycles. The number of rotatable bonds is 7. The molecule has 7 aromatic rings. The molecule has 234 valence electrons. The monoisotopic (exact) mass is 626 g/mol. The standard InChI is InChI=1S/C44H34O4/c45-43-39-12-6-7-13-41(39)48-44(46)42(43)40-27-36(26-35-10-4-5-11-38(35)40)34-22-24-37(25-23-34)47-28-29-14-16-31(17-15-29)33-20-18-32(19-21-33)30-8-2-1-3-9-30/h1-25,36,40,45H,26-28H2. The number of hydrogen-bond donors (Lipinski definition) is 1. The number of benzene rings is 6. The third-order valence-electron chi connectivity index (χ3n) is 9.62. The smallest absolute Gasteiger partial charge is 0.343 e. The van der Waals surface area contributed by atoms with Crippen LogP contribution in [0.15, 0.2) is 161 Å². The summed E-state index contributed by atoms with van der Waals surface area (Å²) >= 11 is 0. The van der Waals surface area contributed by atoms with Crippen LogP contribution in [0.1, 0.15) is 46.1 Å². The van der Waals surface area contributed by atoms with Gasteiger partial charge in [0.25, 0.3) is 0 Å². The quantitative estimate of drug-likeness (QED) is 0.179. The Hall–Kier alpha value is -5.87. The van der Waals surface area contributed by atoms with Gasteiger partial charge in [-0.05, 0) is 87.5 Å². The van der Waals surface area contributed by atoms with Crippen LogP contribution >= 0.6 is 0 Å². The van der Waals surface area contributed by atoms with Gasteiger partial charge in [-0.1, -0.05) is 127 Å². The highest BCUT2D eigenvalue weighted by Gasteiger charge is 2.33. The Morgan fingerprint density at radius 1 is 0.646 bits per heavy atom. The predicted octanol–water partition coefficient (Wildman–Crippen LogP) is 10.3. The average molecular weight is 627 g/mol. The fourth-order valence-electron chi connectivity index (χ4n) is 7.08. The fraction of sp³-hybridized carbons (Fsp3) is 0.114. The van der Waals surface area contributed by atoms with Gasteiger partial charge in [0, 0.05) is 5.92 Å². The molecule has 1 aliphatic rings. The van der Waals surface area contributed by atoms with E-state index < -0.39 is 5.63 Å². The highest BCUT2D eigenvalue weighted by molar-refractivity contribution is 5.84. The first-order valence-corrected chi connectivity index (χ1v) is 16.4. The Labute approximate surface area is 279 Å². The van der Waals surface area contributed by atoms with Crippen molar-refractivity contribution in [3.8, 4) is 33.8 Å². The van der Waals surface area contributed by atoms with Crippen molar-refractivity contribution in [2.75, 3.05) is 0 Å². The highest BCUT2D eigenvalue weighted by atomic mass is 16.5. The molecule has 1 heterocycles. The Balaban J connectivity index is 0.961. The first-order valence-electron chi connectivity index (χ1n) is 16.4. The van der Waals surface area contributed by atoms with Crippen LogP contribution in [0.4, 0.5) is 0 Å². The maximum absolute atomic E-state index is 13.2. The lowest BCUT2D eigenvalue weighted by Crippen LogP contribution is -2.23. The van der Waals surface area contributed by atoms with E-state index in [1.165, 1.54) is 33.4 Å².